The first-order valence-corrected chi connectivity index (χ1v) is 4.62. The Bertz CT molecular complexity index is 186. The Balaban J connectivity index is 3.52. The topological polar surface area (TPSA) is 78.9 Å². The molecule has 0 rings (SSSR count). The maximum absolute atomic E-state index is 11.2. The van der Waals surface area contributed by atoms with Crippen LogP contribution in [0, 0.1) is 11.3 Å². The van der Waals surface area contributed by atoms with Crippen molar-refractivity contribution in [2.45, 2.75) is 38.6 Å². The monoisotopic (exact) mass is 183 g/mol. The summed E-state index contributed by atoms with van der Waals surface area (Å²) in [6, 6.07) is 1.53. The summed E-state index contributed by atoms with van der Waals surface area (Å²) in [5, 5.41) is 10.8. The van der Waals surface area contributed by atoms with E-state index < -0.39 is 6.04 Å². The lowest BCUT2D eigenvalue weighted by molar-refractivity contribution is -0.122. The van der Waals surface area contributed by atoms with Gasteiger partial charge in [0.05, 0.1) is 18.5 Å². The predicted octanol–water partition coefficient (Wildman–Crippen LogP) is 0.534. The van der Waals surface area contributed by atoms with Crippen molar-refractivity contribution in [3.63, 3.8) is 0 Å². The minimum absolute atomic E-state index is 0.149. The third kappa shape index (κ3) is 6.12. The van der Waals surface area contributed by atoms with Crippen molar-refractivity contribution in [2.24, 2.45) is 5.73 Å². The molecule has 1 amide bonds. The van der Waals surface area contributed by atoms with Crippen molar-refractivity contribution >= 4 is 5.91 Å². The third-order valence-corrected chi connectivity index (χ3v) is 1.74. The van der Waals surface area contributed by atoms with Gasteiger partial charge in [-0.3, -0.25) is 4.79 Å². The number of nitrogens with two attached hydrogens (primary N) is 1. The molecule has 0 aliphatic rings. The lowest BCUT2D eigenvalue weighted by Gasteiger charge is -2.10. The van der Waals surface area contributed by atoms with Crippen molar-refractivity contribution in [3.8, 4) is 6.07 Å². The molecule has 0 unspecified atom stereocenters. The van der Waals surface area contributed by atoms with Crippen molar-refractivity contribution < 1.29 is 4.79 Å². The van der Waals surface area contributed by atoms with Gasteiger partial charge in [0.2, 0.25) is 5.91 Å². The van der Waals surface area contributed by atoms with Crippen molar-refractivity contribution in [2.75, 3.05) is 6.54 Å². The molecule has 0 fully saturated rings. The Kier molecular flexibility index (Phi) is 6.93. The molecule has 4 nitrogen and oxygen atoms in total. The molecule has 13 heavy (non-hydrogen) atoms. The summed E-state index contributed by atoms with van der Waals surface area (Å²) < 4.78 is 0. The zero-order valence-corrected chi connectivity index (χ0v) is 8.05. The fraction of sp³-hybridized carbons (Fsp3) is 0.778. The number of carbonyl (C=O) groups excluding carboxylic acids is 1. The second-order valence-electron chi connectivity index (χ2n) is 2.95. The van der Waals surface area contributed by atoms with Gasteiger partial charge in [-0.25, -0.2) is 0 Å². The Hall–Kier alpha value is -1.08. The van der Waals surface area contributed by atoms with Crippen molar-refractivity contribution in [1.29, 1.82) is 5.26 Å². The third-order valence-electron chi connectivity index (χ3n) is 1.74. The van der Waals surface area contributed by atoms with Crippen LogP contribution in [0.5, 0.6) is 0 Å². The number of nitrogens with zero attached hydrogens (tertiary/aromatic N) is 1. The average molecular weight is 183 g/mol. The summed E-state index contributed by atoms with van der Waals surface area (Å²) >= 11 is 0. The van der Waals surface area contributed by atoms with Gasteiger partial charge < -0.3 is 11.1 Å². The fourth-order valence-electron chi connectivity index (χ4n) is 0.928. The smallest absolute Gasteiger partial charge is 0.236 e. The van der Waals surface area contributed by atoms with Crippen LogP contribution in [0.2, 0.25) is 0 Å². The predicted molar refractivity (Wildman–Crippen MR) is 50.7 cm³/mol. The van der Waals surface area contributed by atoms with E-state index >= 15 is 0 Å². The highest BCUT2D eigenvalue weighted by atomic mass is 16.2. The van der Waals surface area contributed by atoms with Crippen LogP contribution in [0.3, 0.4) is 0 Å². The number of amides is 1. The number of unbranched alkanes of at least 4 members (excludes halogenated alkanes) is 1. The zero-order chi connectivity index (χ0) is 10.1. The van der Waals surface area contributed by atoms with Crippen LogP contribution in [0.1, 0.15) is 32.6 Å². The van der Waals surface area contributed by atoms with E-state index in [1.807, 2.05) is 6.07 Å². The van der Waals surface area contributed by atoms with E-state index in [9.17, 15) is 4.79 Å². The van der Waals surface area contributed by atoms with E-state index in [4.69, 9.17) is 11.0 Å². The lowest BCUT2D eigenvalue weighted by Crippen LogP contribution is -2.40. The Morgan fingerprint density at radius 3 is 2.92 bits per heavy atom. The molecule has 0 saturated heterocycles. The Labute approximate surface area is 79.1 Å². The minimum atomic E-state index is -0.418. The van der Waals surface area contributed by atoms with Crippen LogP contribution in [0.15, 0.2) is 0 Å². The first-order valence-electron chi connectivity index (χ1n) is 4.62. The molecule has 3 N–H and O–H groups in total. The molecule has 0 heterocycles. The van der Waals surface area contributed by atoms with Gasteiger partial charge >= 0.3 is 0 Å². The van der Waals surface area contributed by atoms with E-state index in [-0.39, 0.29) is 5.91 Å². The van der Waals surface area contributed by atoms with Gasteiger partial charge in [-0.05, 0) is 6.42 Å². The number of hydrogen-bond acceptors (Lipinski definition) is 3. The van der Waals surface area contributed by atoms with Gasteiger partial charge in [0.15, 0.2) is 0 Å². The van der Waals surface area contributed by atoms with Gasteiger partial charge in [0, 0.05) is 6.54 Å². The molecule has 0 bridgehead atoms. The number of carbonyl (C=O) groups is 1. The van der Waals surface area contributed by atoms with Crippen molar-refractivity contribution in [3.05, 3.63) is 0 Å². The maximum Gasteiger partial charge on any atom is 0.236 e. The molecule has 0 aromatic heterocycles. The standard InChI is InChI=1S/C9H17N3O/c1-2-3-5-8(11)9(13)12-7-4-6-10/h8H,2-5,7,11H2,1H3,(H,12,13)/t8-/m0/s1. The normalized spacial score (nSPS) is 11.8. The average Bonchev–Trinajstić information content (AvgIpc) is 2.14. The maximum atomic E-state index is 11.2. The highest BCUT2D eigenvalue weighted by Gasteiger charge is 2.10. The molecular weight excluding hydrogens is 166 g/mol. The van der Waals surface area contributed by atoms with Crippen LogP contribution in [-0.4, -0.2) is 18.5 Å². The number of nitrogens with one attached hydrogen (secondary N) is 1. The van der Waals surface area contributed by atoms with Crippen LogP contribution in [-0.2, 0) is 4.79 Å². The molecule has 0 saturated carbocycles. The molecule has 4 heteroatoms. The van der Waals surface area contributed by atoms with Crippen LogP contribution < -0.4 is 11.1 Å². The molecule has 0 aromatic rings. The summed E-state index contributed by atoms with van der Waals surface area (Å²) in [4.78, 5) is 11.2. The van der Waals surface area contributed by atoms with Gasteiger partial charge in [-0.2, -0.15) is 5.26 Å². The zero-order valence-electron chi connectivity index (χ0n) is 8.05. The number of hydrogen-bond donors (Lipinski definition) is 2. The summed E-state index contributed by atoms with van der Waals surface area (Å²) in [5.74, 6) is -0.149. The molecular formula is C9H17N3O. The molecule has 1 atom stereocenters. The molecule has 0 aromatic carbocycles. The Morgan fingerprint density at radius 2 is 2.38 bits per heavy atom. The molecule has 0 radical (unpaired) electrons. The summed E-state index contributed by atoms with van der Waals surface area (Å²) in [6.07, 6.45) is 3.06. The van der Waals surface area contributed by atoms with E-state index in [0.717, 1.165) is 19.3 Å². The highest BCUT2D eigenvalue weighted by Crippen LogP contribution is 1.97. The first kappa shape index (κ1) is 11.9. The van der Waals surface area contributed by atoms with E-state index in [1.54, 1.807) is 0 Å². The number of rotatable bonds is 6. The lowest BCUT2D eigenvalue weighted by atomic mass is 10.1. The van der Waals surface area contributed by atoms with Crippen molar-refractivity contribution in [1.82, 2.24) is 5.32 Å². The Morgan fingerprint density at radius 1 is 1.69 bits per heavy atom. The molecule has 0 spiro atoms. The van der Waals surface area contributed by atoms with E-state index in [0.29, 0.717) is 13.0 Å². The SMILES string of the molecule is CCCC[C@H](N)C(=O)NCCC#N. The van der Waals surface area contributed by atoms with Crippen LogP contribution >= 0.6 is 0 Å². The van der Waals surface area contributed by atoms with Crippen LogP contribution in [0.25, 0.3) is 0 Å². The van der Waals surface area contributed by atoms with Gasteiger partial charge in [-0.1, -0.05) is 19.8 Å². The molecule has 74 valence electrons. The molecule has 0 aliphatic heterocycles. The molecule has 0 aliphatic carbocycles. The quantitative estimate of drug-likeness (QED) is 0.590. The van der Waals surface area contributed by atoms with E-state index in [1.165, 1.54) is 0 Å². The summed E-state index contributed by atoms with van der Waals surface area (Å²) in [6.45, 7) is 2.45. The van der Waals surface area contributed by atoms with Gasteiger partial charge in [-0.15, -0.1) is 0 Å². The van der Waals surface area contributed by atoms with Gasteiger partial charge in [0.1, 0.15) is 0 Å². The highest BCUT2D eigenvalue weighted by molar-refractivity contribution is 5.81. The summed E-state index contributed by atoms with van der Waals surface area (Å²) in [7, 11) is 0. The fourth-order valence-corrected chi connectivity index (χ4v) is 0.928. The number of nitriles is 1. The summed E-state index contributed by atoms with van der Waals surface area (Å²) in [5.41, 5.74) is 5.59. The van der Waals surface area contributed by atoms with Crippen LogP contribution in [0.4, 0.5) is 0 Å². The van der Waals surface area contributed by atoms with E-state index in [2.05, 4.69) is 12.2 Å². The second kappa shape index (κ2) is 7.56. The minimum Gasteiger partial charge on any atom is -0.354 e. The second-order valence-corrected chi connectivity index (χ2v) is 2.95. The largest absolute Gasteiger partial charge is 0.354 e. The first-order chi connectivity index (χ1) is 6.22. The van der Waals surface area contributed by atoms with Gasteiger partial charge in [0.25, 0.3) is 0 Å².